The standard InChI is InChI=1S/C11H11N3O/c1-15-9-3-2-7-4-5-14-6-8(7)10(9)11(12)13/h2-6H,1H3,(H3,12,13). The summed E-state index contributed by atoms with van der Waals surface area (Å²) in [5.41, 5.74) is 6.13. The second-order valence-electron chi connectivity index (χ2n) is 3.15. The smallest absolute Gasteiger partial charge is 0.130 e. The largest absolute Gasteiger partial charge is 0.496 e. The van der Waals surface area contributed by atoms with Gasteiger partial charge in [-0.3, -0.25) is 10.4 Å². The number of nitrogens with zero attached hydrogens (tertiary/aromatic N) is 1. The number of pyridine rings is 1. The van der Waals surface area contributed by atoms with Gasteiger partial charge in [-0.1, -0.05) is 6.07 Å². The third kappa shape index (κ3) is 1.50. The summed E-state index contributed by atoms with van der Waals surface area (Å²) in [7, 11) is 1.56. The van der Waals surface area contributed by atoms with Crippen LogP contribution in [0.15, 0.2) is 30.6 Å². The van der Waals surface area contributed by atoms with E-state index < -0.39 is 0 Å². The molecule has 0 amide bonds. The zero-order valence-electron chi connectivity index (χ0n) is 8.32. The lowest BCUT2D eigenvalue weighted by atomic mass is 10.1. The Morgan fingerprint density at radius 2 is 2.20 bits per heavy atom. The van der Waals surface area contributed by atoms with Crippen LogP contribution < -0.4 is 10.5 Å². The highest BCUT2D eigenvalue weighted by Gasteiger charge is 2.10. The van der Waals surface area contributed by atoms with Gasteiger partial charge in [-0.2, -0.15) is 0 Å². The van der Waals surface area contributed by atoms with E-state index in [1.807, 2.05) is 12.1 Å². The minimum atomic E-state index is -0.00884. The van der Waals surface area contributed by atoms with E-state index >= 15 is 0 Å². The average Bonchev–Trinajstić information content (AvgIpc) is 2.27. The quantitative estimate of drug-likeness (QED) is 0.571. The van der Waals surface area contributed by atoms with Crippen LogP contribution in [0.3, 0.4) is 0 Å². The van der Waals surface area contributed by atoms with Crippen molar-refractivity contribution >= 4 is 16.6 Å². The topological polar surface area (TPSA) is 72.0 Å². The number of nitrogen functional groups attached to an aromatic ring is 1. The Kier molecular flexibility index (Phi) is 2.25. The molecule has 0 aliphatic rings. The molecule has 2 aromatic rings. The molecular formula is C11H11N3O. The van der Waals surface area contributed by atoms with Crippen molar-refractivity contribution in [2.75, 3.05) is 7.11 Å². The summed E-state index contributed by atoms with van der Waals surface area (Å²) in [4.78, 5) is 4.02. The van der Waals surface area contributed by atoms with E-state index in [-0.39, 0.29) is 5.84 Å². The van der Waals surface area contributed by atoms with Gasteiger partial charge in [-0.25, -0.2) is 0 Å². The first kappa shape index (κ1) is 9.45. The molecule has 15 heavy (non-hydrogen) atoms. The Morgan fingerprint density at radius 1 is 1.40 bits per heavy atom. The molecule has 4 heteroatoms. The SMILES string of the molecule is COc1ccc2ccncc2c1C(=N)N. The molecule has 0 unspecified atom stereocenters. The summed E-state index contributed by atoms with van der Waals surface area (Å²) in [6.45, 7) is 0. The molecule has 0 aliphatic heterocycles. The summed E-state index contributed by atoms with van der Waals surface area (Å²) < 4.78 is 5.17. The van der Waals surface area contributed by atoms with Crippen molar-refractivity contribution in [1.82, 2.24) is 4.98 Å². The van der Waals surface area contributed by atoms with Gasteiger partial charge < -0.3 is 10.5 Å². The molecule has 0 bridgehead atoms. The molecule has 0 atom stereocenters. The second kappa shape index (κ2) is 3.57. The van der Waals surface area contributed by atoms with E-state index in [9.17, 15) is 0 Å². The fourth-order valence-corrected chi connectivity index (χ4v) is 1.59. The molecule has 1 heterocycles. The molecule has 1 aromatic carbocycles. The molecule has 1 aromatic heterocycles. The highest BCUT2D eigenvalue weighted by Crippen LogP contribution is 2.26. The fourth-order valence-electron chi connectivity index (χ4n) is 1.59. The molecule has 3 N–H and O–H groups in total. The van der Waals surface area contributed by atoms with Crippen LogP contribution in [-0.2, 0) is 0 Å². The maximum Gasteiger partial charge on any atom is 0.130 e. The van der Waals surface area contributed by atoms with Crippen LogP contribution in [0.5, 0.6) is 5.75 Å². The first-order chi connectivity index (χ1) is 7.24. The van der Waals surface area contributed by atoms with Crippen LogP contribution in [0.4, 0.5) is 0 Å². The van der Waals surface area contributed by atoms with Crippen LogP contribution in [0.2, 0.25) is 0 Å². The van der Waals surface area contributed by atoms with E-state index in [1.165, 1.54) is 0 Å². The monoisotopic (exact) mass is 201 g/mol. The highest BCUT2D eigenvalue weighted by atomic mass is 16.5. The van der Waals surface area contributed by atoms with Gasteiger partial charge in [-0.05, 0) is 17.5 Å². The van der Waals surface area contributed by atoms with E-state index in [2.05, 4.69) is 4.98 Å². The van der Waals surface area contributed by atoms with E-state index in [0.717, 1.165) is 10.8 Å². The average molecular weight is 201 g/mol. The molecule has 0 radical (unpaired) electrons. The molecule has 0 saturated carbocycles. The van der Waals surface area contributed by atoms with Crippen molar-refractivity contribution in [3.05, 3.63) is 36.2 Å². The maximum absolute atomic E-state index is 7.53. The van der Waals surface area contributed by atoms with Crippen molar-refractivity contribution in [2.24, 2.45) is 5.73 Å². The van der Waals surface area contributed by atoms with Crippen molar-refractivity contribution < 1.29 is 4.74 Å². The Hall–Kier alpha value is -2.10. The second-order valence-corrected chi connectivity index (χ2v) is 3.15. The van der Waals surface area contributed by atoms with E-state index in [0.29, 0.717) is 11.3 Å². The zero-order chi connectivity index (χ0) is 10.8. The number of hydrogen-bond donors (Lipinski definition) is 2. The molecule has 0 aliphatic carbocycles. The van der Waals surface area contributed by atoms with Gasteiger partial charge in [0.05, 0.1) is 12.7 Å². The molecule has 0 spiro atoms. The van der Waals surface area contributed by atoms with Gasteiger partial charge in [0.15, 0.2) is 0 Å². The van der Waals surface area contributed by atoms with E-state index in [1.54, 1.807) is 25.6 Å². The number of ether oxygens (including phenoxy) is 1. The third-order valence-corrected chi connectivity index (χ3v) is 2.27. The molecule has 2 rings (SSSR count). The molecule has 0 fully saturated rings. The highest BCUT2D eigenvalue weighted by molar-refractivity contribution is 6.09. The summed E-state index contributed by atoms with van der Waals surface area (Å²) in [5, 5.41) is 9.37. The summed E-state index contributed by atoms with van der Waals surface area (Å²) in [5.74, 6) is 0.591. The lowest BCUT2D eigenvalue weighted by Crippen LogP contribution is -2.13. The summed E-state index contributed by atoms with van der Waals surface area (Å²) in [6, 6.07) is 5.60. The number of fused-ring (bicyclic) bond motifs is 1. The fraction of sp³-hybridized carbons (Fsp3) is 0.0909. The van der Waals surface area contributed by atoms with Crippen molar-refractivity contribution in [2.45, 2.75) is 0 Å². The Bertz CT molecular complexity index is 522. The lowest BCUT2D eigenvalue weighted by Gasteiger charge is -2.09. The van der Waals surface area contributed by atoms with Crippen LogP contribution in [0.25, 0.3) is 10.8 Å². The van der Waals surface area contributed by atoms with Gasteiger partial charge in [0.2, 0.25) is 0 Å². The molecule has 4 nitrogen and oxygen atoms in total. The number of nitrogens with one attached hydrogen (secondary N) is 1. The van der Waals surface area contributed by atoms with Crippen molar-refractivity contribution in [1.29, 1.82) is 5.41 Å². The number of nitrogens with two attached hydrogens (primary N) is 1. The van der Waals surface area contributed by atoms with Crippen LogP contribution in [0.1, 0.15) is 5.56 Å². The minimum absolute atomic E-state index is 0.00884. The normalized spacial score (nSPS) is 10.2. The maximum atomic E-state index is 7.53. The van der Waals surface area contributed by atoms with Gasteiger partial charge in [0.1, 0.15) is 11.6 Å². The Labute approximate surface area is 87.2 Å². The number of hydrogen-bond acceptors (Lipinski definition) is 3. The number of methoxy groups -OCH3 is 1. The third-order valence-electron chi connectivity index (χ3n) is 2.27. The van der Waals surface area contributed by atoms with Gasteiger partial charge in [0, 0.05) is 17.8 Å². The predicted molar refractivity (Wildman–Crippen MR) is 59.3 cm³/mol. The predicted octanol–water partition coefficient (Wildman–Crippen LogP) is 1.53. The first-order valence-corrected chi connectivity index (χ1v) is 4.49. The molecular weight excluding hydrogens is 190 g/mol. The molecule has 76 valence electrons. The number of rotatable bonds is 2. The number of benzene rings is 1. The van der Waals surface area contributed by atoms with Gasteiger partial charge in [-0.15, -0.1) is 0 Å². The Morgan fingerprint density at radius 3 is 2.87 bits per heavy atom. The van der Waals surface area contributed by atoms with Gasteiger partial charge >= 0.3 is 0 Å². The van der Waals surface area contributed by atoms with E-state index in [4.69, 9.17) is 15.9 Å². The Balaban J connectivity index is 2.85. The van der Waals surface area contributed by atoms with Crippen LogP contribution in [0, 0.1) is 5.41 Å². The summed E-state index contributed by atoms with van der Waals surface area (Å²) in [6.07, 6.45) is 3.40. The minimum Gasteiger partial charge on any atom is -0.496 e. The summed E-state index contributed by atoms with van der Waals surface area (Å²) >= 11 is 0. The van der Waals surface area contributed by atoms with Crippen molar-refractivity contribution in [3.8, 4) is 5.75 Å². The van der Waals surface area contributed by atoms with Crippen molar-refractivity contribution in [3.63, 3.8) is 0 Å². The zero-order valence-corrected chi connectivity index (χ0v) is 8.32. The van der Waals surface area contributed by atoms with Crippen LogP contribution >= 0.6 is 0 Å². The number of aromatic nitrogens is 1. The molecule has 0 saturated heterocycles. The van der Waals surface area contributed by atoms with Gasteiger partial charge in [0.25, 0.3) is 0 Å². The lowest BCUT2D eigenvalue weighted by molar-refractivity contribution is 0.414. The van der Waals surface area contributed by atoms with Crippen LogP contribution in [-0.4, -0.2) is 17.9 Å². The number of amidine groups is 1. The first-order valence-electron chi connectivity index (χ1n) is 4.49.